The smallest absolute Gasteiger partial charge is 0.335 e. The largest absolute Gasteiger partial charge is 0.478 e. The van der Waals surface area contributed by atoms with Gasteiger partial charge in [0.15, 0.2) is 0 Å². The fourth-order valence-corrected chi connectivity index (χ4v) is 1.88. The lowest BCUT2D eigenvalue weighted by Crippen LogP contribution is -2.09. The van der Waals surface area contributed by atoms with Crippen LogP contribution in [0.3, 0.4) is 0 Å². The molecule has 0 fully saturated rings. The average molecular weight is 253 g/mol. The van der Waals surface area contributed by atoms with Crippen LogP contribution in [-0.4, -0.2) is 29.1 Å². The highest BCUT2D eigenvalue weighted by Gasteiger charge is 2.05. The van der Waals surface area contributed by atoms with Crippen molar-refractivity contribution in [2.75, 3.05) is 18.1 Å². The first-order valence-electron chi connectivity index (χ1n) is 5.65. The molecular formula is C13H19NO2S. The molecule has 2 N–H and O–H groups in total. The number of thioether (sulfide) groups is 1. The van der Waals surface area contributed by atoms with Crippen molar-refractivity contribution in [3.05, 3.63) is 29.3 Å². The summed E-state index contributed by atoms with van der Waals surface area (Å²) in [6.45, 7) is 5.04. The zero-order valence-corrected chi connectivity index (χ0v) is 11.3. The van der Waals surface area contributed by atoms with Crippen molar-refractivity contribution < 1.29 is 9.90 Å². The monoisotopic (exact) mass is 253 g/mol. The fraction of sp³-hybridized carbons (Fsp3) is 0.462. The molecule has 1 rings (SSSR count). The molecule has 1 aromatic carbocycles. The molecule has 17 heavy (non-hydrogen) atoms. The number of carbonyl (C=O) groups is 1. The van der Waals surface area contributed by atoms with E-state index in [0.717, 1.165) is 24.2 Å². The third-order valence-electron chi connectivity index (χ3n) is 2.74. The molecule has 0 aliphatic heterocycles. The Kier molecular flexibility index (Phi) is 5.35. The summed E-state index contributed by atoms with van der Waals surface area (Å²) < 4.78 is 0. The Labute approximate surface area is 107 Å². The molecule has 0 heterocycles. The maximum absolute atomic E-state index is 10.8. The van der Waals surface area contributed by atoms with E-state index < -0.39 is 5.97 Å². The Morgan fingerprint density at radius 3 is 2.76 bits per heavy atom. The molecule has 94 valence electrons. The van der Waals surface area contributed by atoms with Crippen LogP contribution in [-0.2, 0) is 0 Å². The van der Waals surface area contributed by atoms with Gasteiger partial charge in [-0.15, -0.1) is 0 Å². The number of nitrogens with one attached hydrogen (secondary N) is 1. The fourth-order valence-electron chi connectivity index (χ4n) is 1.52. The number of carboxylic acids is 1. The second-order valence-electron chi connectivity index (χ2n) is 4.10. The van der Waals surface area contributed by atoms with Gasteiger partial charge in [0.1, 0.15) is 0 Å². The lowest BCUT2D eigenvalue weighted by molar-refractivity contribution is 0.0697. The number of rotatable bonds is 6. The molecule has 0 aliphatic rings. The molecule has 1 atom stereocenters. The summed E-state index contributed by atoms with van der Waals surface area (Å²) in [5.74, 6) is -0.879. The summed E-state index contributed by atoms with van der Waals surface area (Å²) in [4.78, 5) is 10.8. The number of hydrogen-bond acceptors (Lipinski definition) is 3. The average Bonchev–Trinajstić information content (AvgIpc) is 2.30. The van der Waals surface area contributed by atoms with Crippen LogP contribution < -0.4 is 5.32 Å². The Hall–Kier alpha value is -1.16. The molecule has 4 heteroatoms. The van der Waals surface area contributed by atoms with E-state index in [1.54, 1.807) is 12.1 Å². The Balaban J connectivity index is 2.57. The highest BCUT2D eigenvalue weighted by Crippen LogP contribution is 2.17. The molecule has 0 amide bonds. The molecule has 0 bridgehead atoms. The van der Waals surface area contributed by atoms with E-state index in [1.165, 1.54) is 0 Å². The maximum Gasteiger partial charge on any atom is 0.335 e. The Morgan fingerprint density at radius 1 is 1.53 bits per heavy atom. The van der Waals surface area contributed by atoms with Gasteiger partial charge in [0.2, 0.25) is 0 Å². The lowest BCUT2D eigenvalue weighted by Gasteiger charge is -2.12. The quantitative estimate of drug-likeness (QED) is 0.817. The maximum atomic E-state index is 10.8. The number of aryl methyl sites for hydroxylation is 1. The zero-order chi connectivity index (χ0) is 12.8. The summed E-state index contributed by atoms with van der Waals surface area (Å²) in [6.07, 6.45) is 3.21. The van der Waals surface area contributed by atoms with Gasteiger partial charge in [0, 0.05) is 17.5 Å². The minimum atomic E-state index is -0.879. The van der Waals surface area contributed by atoms with Crippen molar-refractivity contribution in [1.29, 1.82) is 0 Å². The molecule has 0 radical (unpaired) electrons. The van der Waals surface area contributed by atoms with Crippen LogP contribution in [0.5, 0.6) is 0 Å². The summed E-state index contributed by atoms with van der Waals surface area (Å²) >= 11 is 1.85. The van der Waals surface area contributed by atoms with Crippen LogP contribution in [0.2, 0.25) is 0 Å². The second kappa shape index (κ2) is 6.55. The first-order chi connectivity index (χ1) is 8.04. The predicted molar refractivity (Wildman–Crippen MR) is 74.2 cm³/mol. The van der Waals surface area contributed by atoms with E-state index >= 15 is 0 Å². The van der Waals surface area contributed by atoms with Gasteiger partial charge in [-0.1, -0.05) is 6.92 Å². The normalized spacial score (nSPS) is 12.2. The van der Waals surface area contributed by atoms with E-state index in [2.05, 4.69) is 18.5 Å². The summed E-state index contributed by atoms with van der Waals surface area (Å²) in [7, 11) is 0. The van der Waals surface area contributed by atoms with E-state index in [9.17, 15) is 4.79 Å². The Bertz CT molecular complexity index is 393. The van der Waals surface area contributed by atoms with Crippen LogP contribution in [0, 0.1) is 6.92 Å². The van der Waals surface area contributed by atoms with Crippen molar-refractivity contribution in [3.63, 3.8) is 0 Å². The Morgan fingerprint density at radius 2 is 2.24 bits per heavy atom. The van der Waals surface area contributed by atoms with Crippen molar-refractivity contribution in [2.24, 2.45) is 0 Å². The van der Waals surface area contributed by atoms with Crippen molar-refractivity contribution in [2.45, 2.75) is 25.5 Å². The van der Waals surface area contributed by atoms with Crippen LogP contribution in [0.25, 0.3) is 0 Å². The summed E-state index contributed by atoms with van der Waals surface area (Å²) in [5, 5.41) is 12.8. The van der Waals surface area contributed by atoms with Gasteiger partial charge < -0.3 is 10.4 Å². The third-order valence-corrected chi connectivity index (χ3v) is 3.78. The molecule has 1 unspecified atom stereocenters. The van der Waals surface area contributed by atoms with E-state index in [-0.39, 0.29) is 0 Å². The predicted octanol–water partition coefficient (Wildman–Crippen LogP) is 3.25. The number of aromatic carboxylic acids is 1. The van der Waals surface area contributed by atoms with Crippen molar-refractivity contribution in [3.8, 4) is 0 Å². The minimum absolute atomic E-state index is 0.338. The van der Waals surface area contributed by atoms with E-state index in [0.29, 0.717) is 10.8 Å². The molecule has 0 saturated heterocycles. The molecule has 0 aromatic heterocycles. The van der Waals surface area contributed by atoms with Crippen LogP contribution in [0.4, 0.5) is 5.69 Å². The topological polar surface area (TPSA) is 49.3 Å². The van der Waals surface area contributed by atoms with Crippen molar-refractivity contribution in [1.82, 2.24) is 0 Å². The standard InChI is InChI=1S/C13H19NO2S/c1-9-8-11(13(15)16)4-5-12(9)14-7-6-10(2)17-3/h4-5,8,10,14H,6-7H2,1-3H3,(H,15,16). The van der Waals surface area contributed by atoms with Crippen LogP contribution in [0.15, 0.2) is 18.2 Å². The molecule has 1 aromatic rings. The van der Waals surface area contributed by atoms with Gasteiger partial charge in [-0.3, -0.25) is 0 Å². The van der Waals surface area contributed by atoms with Crippen LogP contribution >= 0.6 is 11.8 Å². The summed E-state index contributed by atoms with van der Waals surface area (Å²) in [5.41, 5.74) is 2.33. The van der Waals surface area contributed by atoms with Crippen molar-refractivity contribution >= 4 is 23.4 Å². The first kappa shape index (κ1) is 13.9. The van der Waals surface area contributed by atoms with Gasteiger partial charge in [0.05, 0.1) is 5.56 Å². The van der Waals surface area contributed by atoms with E-state index in [1.807, 2.05) is 24.8 Å². The number of anilines is 1. The highest BCUT2D eigenvalue weighted by molar-refractivity contribution is 7.99. The molecular weight excluding hydrogens is 234 g/mol. The highest BCUT2D eigenvalue weighted by atomic mass is 32.2. The number of benzene rings is 1. The molecule has 0 aliphatic carbocycles. The van der Waals surface area contributed by atoms with Gasteiger partial charge in [-0.2, -0.15) is 11.8 Å². The van der Waals surface area contributed by atoms with Gasteiger partial charge >= 0.3 is 5.97 Å². The molecule has 0 saturated carbocycles. The zero-order valence-electron chi connectivity index (χ0n) is 10.5. The lowest BCUT2D eigenvalue weighted by atomic mass is 10.1. The van der Waals surface area contributed by atoms with Crippen LogP contribution in [0.1, 0.15) is 29.3 Å². The second-order valence-corrected chi connectivity index (χ2v) is 5.37. The molecule has 0 spiro atoms. The van der Waals surface area contributed by atoms with E-state index in [4.69, 9.17) is 5.11 Å². The third kappa shape index (κ3) is 4.30. The first-order valence-corrected chi connectivity index (χ1v) is 6.94. The van der Waals surface area contributed by atoms with Gasteiger partial charge in [0.25, 0.3) is 0 Å². The number of hydrogen-bond donors (Lipinski definition) is 2. The van der Waals surface area contributed by atoms with Gasteiger partial charge in [-0.05, 0) is 43.4 Å². The molecule has 3 nitrogen and oxygen atoms in total. The SMILES string of the molecule is CSC(C)CCNc1ccc(C(=O)O)cc1C. The van der Waals surface area contributed by atoms with Gasteiger partial charge in [-0.25, -0.2) is 4.79 Å². The summed E-state index contributed by atoms with van der Waals surface area (Å²) in [6, 6.07) is 5.17. The minimum Gasteiger partial charge on any atom is -0.478 e. The number of carboxylic acid groups (broad SMARTS) is 1.